The zero-order valence-electron chi connectivity index (χ0n) is 17.4. The summed E-state index contributed by atoms with van der Waals surface area (Å²) in [4.78, 5) is 14.9. The van der Waals surface area contributed by atoms with Gasteiger partial charge >= 0.3 is 0 Å². The van der Waals surface area contributed by atoms with Gasteiger partial charge in [0.2, 0.25) is 5.56 Å². The molecule has 3 rings (SSSR count). The van der Waals surface area contributed by atoms with E-state index in [9.17, 15) is 4.79 Å². The van der Waals surface area contributed by atoms with Crippen LogP contribution in [0.2, 0.25) is 0 Å². The molecular formula is C24H28BrNO4. The summed E-state index contributed by atoms with van der Waals surface area (Å²) in [7, 11) is 0. The topological polar surface area (TPSA) is 60.6 Å². The highest BCUT2D eigenvalue weighted by Gasteiger charge is 2.19. The zero-order chi connectivity index (χ0) is 21.3. The quantitative estimate of drug-likeness (QED) is 0.219. The van der Waals surface area contributed by atoms with Crippen molar-refractivity contribution in [2.45, 2.75) is 45.7 Å². The molecule has 160 valence electrons. The molecule has 2 atom stereocenters. The molecule has 1 aromatic heterocycles. The molecular weight excluding hydrogens is 446 g/mol. The largest absolute Gasteiger partial charge is 0.487 e. The van der Waals surface area contributed by atoms with E-state index >= 15 is 0 Å². The van der Waals surface area contributed by atoms with Crippen molar-refractivity contribution in [3.05, 3.63) is 76.1 Å². The third-order valence-corrected chi connectivity index (χ3v) is 5.41. The lowest BCUT2D eigenvalue weighted by molar-refractivity contribution is -0.156. The lowest BCUT2D eigenvalue weighted by Gasteiger charge is -2.23. The molecule has 0 spiro atoms. The fourth-order valence-electron chi connectivity index (χ4n) is 3.24. The Bertz CT molecular complexity index is 989. The van der Waals surface area contributed by atoms with Gasteiger partial charge in [0, 0.05) is 23.4 Å². The Balaban J connectivity index is 1.85. The minimum absolute atomic E-state index is 0.170. The summed E-state index contributed by atoms with van der Waals surface area (Å²) in [5.41, 5.74) is 2.53. The maximum Gasteiger partial charge on any atom is 0.248 e. The summed E-state index contributed by atoms with van der Waals surface area (Å²) in [6, 6.07) is 17.2. The van der Waals surface area contributed by atoms with Crippen molar-refractivity contribution in [3.8, 4) is 5.75 Å². The first-order valence-corrected chi connectivity index (χ1v) is 11.4. The van der Waals surface area contributed by atoms with Gasteiger partial charge in [-0.15, -0.1) is 0 Å². The lowest BCUT2D eigenvalue weighted by Crippen LogP contribution is -2.19. The zero-order valence-corrected chi connectivity index (χ0v) is 19.0. The van der Waals surface area contributed by atoms with Crippen molar-refractivity contribution in [2.75, 3.05) is 11.9 Å². The first-order valence-electron chi connectivity index (χ1n) is 10.3. The van der Waals surface area contributed by atoms with E-state index in [1.54, 1.807) is 0 Å². The molecule has 0 aliphatic rings. The third kappa shape index (κ3) is 5.94. The Morgan fingerprint density at radius 3 is 2.60 bits per heavy atom. The molecule has 30 heavy (non-hydrogen) atoms. The lowest BCUT2D eigenvalue weighted by atomic mass is 10.0. The summed E-state index contributed by atoms with van der Waals surface area (Å²) in [6.45, 7) is 5.14. The number of unbranched alkanes of at least 4 members (excludes halogenated alkanes) is 1. The predicted octanol–water partition coefficient (Wildman–Crippen LogP) is 5.72. The number of pyridine rings is 1. The normalized spacial score (nSPS) is 13.3. The predicted molar refractivity (Wildman–Crippen MR) is 123 cm³/mol. The van der Waals surface area contributed by atoms with Crippen molar-refractivity contribution >= 4 is 26.8 Å². The van der Waals surface area contributed by atoms with Crippen LogP contribution in [0.25, 0.3) is 10.9 Å². The summed E-state index contributed by atoms with van der Waals surface area (Å²) in [6.07, 6.45) is 1.53. The van der Waals surface area contributed by atoms with E-state index < -0.39 is 0 Å². The maximum atomic E-state index is 12.0. The first kappa shape index (κ1) is 22.5. The van der Waals surface area contributed by atoms with E-state index in [-0.39, 0.29) is 18.0 Å². The van der Waals surface area contributed by atoms with Crippen LogP contribution < -0.4 is 10.3 Å². The van der Waals surface area contributed by atoms with Crippen molar-refractivity contribution in [3.63, 3.8) is 0 Å². The number of fused-ring (bicyclic) bond motifs is 1. The summed E-state index contributed by atoms with van der Waals surface area (Å²) < 4.78 is 17.9. The van der Waals surface area contributed by atoms with E-state index in [4.69, 9.17) is 14.2 Å². The first-order chi connectivity index (χ1) is 14.6. The Hall–Kier alpha value is -2.15. The summed E-state index contributed by atoms with van der Waals surface area (Å²) in [5, 5.41) is 1.50. The van der Waals surface area contributed by atoms with Crippen LogP contribution in [-0.4, -0.2) is 23.2 Å². The molecule has 5 nitrogen and oxygen atoms in total. The van der Waals surface area contributed by atoms with Gasteiger partial charge in [-0.2, -0.15) is 0 Å². The van der Waals surface area contributed by atoms with Crippen LogP contribution >= 0.6 is 15.9 Å². The van der Waals surface area contributed by atoms with Gasteiger partial charge in [0.1, 0.15) is 12.4 Å². The van der Waals surface area contributed by atoms with Gasteiger partial charge < -0.3 is 19.2 Å². The van der Waals surface area contributed by atoms with Gasteiger partial charge in [0.15, 0.2) is 6.29 Å². The van der Waals surface area contributed by atoms with Crippen LogP contribution in [0.3, 0.4) is 0 Å². The van der Waals surface area contributed by atoms with Crippen molar-refractivity contribution in [1.29, 1.82) is 0 Å². The van der Waals surface area contributed by atoms with E-state index in [0.29, 0.717) is 29.8 Å². The summed E-state index contributed by atoms with van der Waals surface area (Å²) >= 11 is 3.56. The second-order valence-corrected chi connectivity index (χ2v) is 7.76. The molecule has 1 heterocycles. The average molecular weight is 474 g/mol. The second kappa shape index (κ2) is 11.3. The molecule has 2 aromatic carbocycles. The van der Waals surface area contributed by atoms with Gasteiger partial charge in [-0.1, -0.05) is 65.7 Å². The second-order valence-electron chi connectivity index (χ2n) is 7.11. The van der Waals surface area contributed by atoms with Crippen LogP contribution in [0.15, 0.2) is 59.4 Å². The highest BCUT2D eigenvalue weighted by atomic mass is 79.9. The Labute approximate surface area is 185 Å². The molecule has 1 N–H and O–H groups in total. The van der Waals surface area contributed by atoms with E-state index in [1.165, 1.54) is 6.07 Å². The average Bonchev–Trinajstić information content (AvgIpc) is 2.77. The number of aromatic nitrogens is 1. The fourth-order valence-corrected chi connectivity index (χ4v) is 3.74. The minimum Gasteiger partial charge on any atom is -0.487 e. The Kier molecular flexibility index (Phi) is 8.49. The highest BCUT2D eigenvalue weighted by Crippen LogP contribution is 2.33. The minimum atomic E-state index is -0.328. The van der Waals surface area contributed by atoms with Crippen LogP contribution in [0.4, 0.5) is 0 Å². The molecule has 0 bridgehead atoms. The van der Waals surface area contributed by atoms with Gasteiger partial charge in [-0.25, -0.2) is 0 Å². The number of rotatable bonds is 11. The molecule has 0 aliphatic carbocycles. The fraction of sp³-hybridized carbons (Fsp3) is 0.375. The van der Waals surface area contributed by atoms with Gasteiger partial charge in [-0.05, 0) is 36.6 Å². The standard InChI is InChI=1S/C24H28BrNO4/c1-3-4-14-28-17(2)30-22(15-25)19-10-12-21(24-20(19)11-13-23(27)26-24)29-16-18-8-6-5-7-9-18/h5-13,17,22H,3-4,14-16H2,1-2H3,(H,26,27). The van der Waals surface area contributed by atoms with Crippen molar-refractivity contribution < 1.29 is 14.2 Å². The smallest absolute Gasteiger partial charge is 0.248 e. The Morgan fingerprint density at radius 2 is 1.87 bits per heavy atom. The molecule has 0 saturated carbocycles. The van der Waals surface area contributed by atoms with E-state index in [2.05, 4.69) is 27.8 Å². The molecule has 0 radical (unpaired) electrons. The van der Waals surface area contributed by atoms with E-state index in [1.807, 2.05) is 55.5 Å². The number of halogens is 1. The van der Waals surface area contributed by atoms with Gasteiger partial charge in [-0.3, -0.25) is 4.79 Å². The number of hydrogen-bond acceptors (Lipinski definition) is 4. The SMILES string of the molecule is CCCCOC(C)OC(CBr)c1ccc(OCc2ccccc2)c2[nH]c(=O)ccc12. The molecule has 6 heteroatoms. The monoisotopic (exact) mass is 473 g/mol. The molecule has 0 aliphatic heterocycles. The number of benzene rings is 2. The van der Waals surface area contributed by atoms with Crippen LogP contribution in [0, 0.1) is 0 Å². The Morgan fingerprint density at radius 1 is 1.07 bits per heavy atom. The third-order valence-electron chi connectivity index (χ3n) is 4.82. The molecule has 3 aromatic rings. The number of nitrogens with one attached hydrogen (secondary N) is 1. The maximum absolute atomic E-state index is 12.0. The molecule has 0 fully saturated rings. The van der Waals surface area contributed by atoms with Crippen LogP contribution in [0.5, 0.6) is 5.75 Å². The molecule has 2 unspecified atom stereocenters. The van der Waals surface area contributed by atoms with E-state index in [0.717, 1.165) is 29.4 Å². The van der Waals surface area contributed by atoms with Crippen molar-refractivity contribution in [2.24, 2.45) is 0 Å². The van der Waals surface area contributed by atoms with Crippen LogP contribution in [0.1, 0.15) is 43.9 Å². The number of ether oxygens (including phenoxy) is 3. The number of H-pyrrole nitrogens is 1. The number of alkyl halides is 1. The van der Waals surface area contributed by atoms with Gasteiger partial charge in [0.25, 0.3) is 0 Å². The van der Waals surface area contributed by atoms with Gasteiger partial charge in [0.05, 0.1) is 11.6 Å². The highest BCUT2D eigenvalue weighted by molar-refractivity contribution is 9.09. The molecule has 0 saturated heterocycles. The molecule has 0 amide bonds. The number of hydrogen-bond donors (Lipinski definition) is 1. The van der Waals surface area contributed by atoms with Crippen LogP contribution in [-0.2, 0) is 16.1 Å². The summed E-state index contributed by atoms with van der Waals surface area (Å²) in [5.74, 6) is 0.635. The number of aromatic amines is 1. The van der Waals surface area contributed by atoms with Crippen molar-refractivity contribution in [1.82, 2.24) is 4.98 Å².